The van der Waals surface area contributed by atoms with E-state index >= 15 is 0 Å². The number of anilines is 2. The summed E-state index contributed by atoms with van der Waals surface area (Å²) in [6, 6.07) is 5.41. The maximum absolute atomic E-state index is 9.21. The summed E-state index contributed by atoms with van der Waals surface area (Å²) in [6.45, 7) is 5.50. The van der Waals surface area contributed by atoms with Gasteiger partial charge in [0.15, 0.2) is 0 Å². The monoisotopic (exact) mass is 208 g/mol. The van der Waals surface area contributed by atoms with E-state index in [2.05, 4.69) is 10.6 Å². The average Bonchev–Trinajstić information content (AvgIpc) is 2.21. The Morgan fingerprint density at radius 2 is 1.80 bits per heavy atom. The van der Waals surface area contributed by atoms with Gasteiger partial charge in [0.2, 0.25) is 0 Å². The standard InChI is InChI=1S/C10H17BN2O2/c1-3-12-9-7-5-6-8(11(14)15)10(9)13-4-2/h5-7,12-15H,3-4H2,1-2H3. The van der Waals surface area contributed by atoms with Gasteiger partial charge < -0.3 is 20.7 Å². The minimum Gasteiger partial charge on any atom is -0.423 e. The van der Waals surface area contributed by atoms with E-state index in [9.17, 15) is 10.0 Å². The Bertz CT molecular complexity index is 318. The molecule has 0 atom stereocenters. The number of hydrogen-bond donors (Lipinski definition) is 4. The Morgan fingerprint density at radius 1 is 1.13 bits per heavy atom. The van der Waals surface area contributed by atoms with E-state index in [1.54, 1.807) is 12.1 Å². The van der Waals surface area contributed by atoms with Crippen molar-refractivity contribution in [2.75, 3.05) is 23.7 Å². The first-order valence-electron chi connectivity index (χ1n) is 5.17. The highest BCUT2D eigenvalue weighted by molar-refractivity contribution is 6.61. The highest BCUT2D eigenvalue weighted by atomic mass is 16.4. The number of nitrogens with one attached hydrogen (secondary N) is 2. The second-order valence-electron chi connectivity index (χ2n) is 3.20. The van der Waals surface area contributed by atoms with Crippen LogP contribution in [0.4, 0.5) is 11.4 Å². The smallest absolute Gasteiger partial charge is 0.423 e. The van der Waals surface area contributed by atoms with Crippen LogP contribution in [0.15, 0.2) is 18.2 Å². The fraction of sp³-hybridized carbons (Fsp3) is 0.400. The predicted molar refractivity (Wildman–Crippen MR) is 64.6 cm³/mol. The lowest BCUT2D eigenvalue weighted by Crippen LogP contribution is -2.33. The lowest BCUT2D eigenvalue weighted by atomic mass is 9.78. The number of hydrogen-bond acceptors (Lipinski definition) is 4. The summed E-state index contributed by atoms with van der Waals surface area (Å²) in [5.74, 6) is 0. The summed E-state index contributed by atoms with van der Waals surface area (Å²) >= 11 is 0. The summed E-state index contributed by atoms with van der Waals surface area (Å²) in [5.41, 5.74) is 2.15. The van der Waals surface area contributed by atoms with Gasteiger partial charge in [-0.25, -0.2) is 0 Å². The molecule has 1 rings (SSSR count). The molecule has 4 N–H and O–H groups in total. The van der Waals surface area contributed by atoms with Crippen LogP contribution in [-0.2, 0) is 0 Å². The van der Waals surface area contributed by atoms with Crippen molar-refractivity contribution in [3.63, 3.8) is 0 Å². The average molecular weight is 208 g/mol. The van der Waals surface area contributed by atoms with Gasteiger partial charge in [-0.1, -0.05) is 12.1 Å². The zero-order valence-corrected chi connectivity index (χ0v) is 9.12. The zero-order chi connectivity index (χ0) is 11.3. The number of benzene rings is 1. The van der Waals surface area contributed by atoms with E-state index in [0.29, 0.717) is 5.46 Å². The first-order valence-corrected chi connectivity index (χ1v) is 5.17. The van der Waals surface area contributed by atoms with Gasteiger partial charge in [0, 0.05) is 18.6 Å². The maximum atomic E-state index is 9.21. The van der Waals surface area contributed by atoms with Crippen molar-refractivity contribution in [2.45, 2.75) is 13.8 Å². The molecule has 0 radical (unpaired) electrons. The van der Waals surface area contributed by atoms with E-state index in [0.717, 1.165) is 24.5 Å². The van der Waals surface area contributed by atoms with Gasteiger partial charge >= 0.3 is 7.12 Å². The molecule has 0 bridgehead atoms. The molecule has 0 amide bonds. The molecule has 0 fully saturated rings. The van der Waals surface area contributed by atoms with Gasteiger partial charge in [0.25, 0.3) is 0 Å². The third-order valence-corrected chi connectivity index (χ3v) is 2.10. The van der Waals surface area contributed by atoms with E-state index in [1.165, 1.54) is 0 Å². The molecule has 0 unspecified atom stereocenters. The van der Waals surface area contributed by atoms with Gasteiger partial charge in [0.05, 0.1) is 11.4 Å². The minimum atomic E-state index is -1.45. The van der Waals surface area contributed by atoms with Crippen molar-refractivity contribution in [1.29, 1.82) is 0 Å². The molecule has 5 heteroatoms. The normalized spacial score (nSPS) is 9.87. The quantitative estimate of drug-likeness (QED) is 0.523. The molecule has 1 aromatic carbocycles. The topological polar surface area (TPSA) is 64.5 Å². The van der Waals surface area contributed by atoms with Crippen molar-refractivity contribution >= 4 is 24.0 Å². The largest absolute Gasteiger partial charge is 0.490 e. The molecular weight excluding hydrogens is 191 g/mol. The van der Waals surface area contributed by atoms with Crippen molar-refractivity contribution in [2.24, 2.45) is 0 Å². The Morgan fingerprint density at radius 3 is 2.33 bits per heavy atom. The van der Waals surface area contributed by atoms with Crippen LogP contribution in [0, 0.1) is 0 Å². The fourth-order valence-corrected chi connectivity index (χ4v) is 1.50. The first-order chi connectivity index (χ1) is 7.20. The summed E-state index contributed by atoms with van der Waals surface area (Å²) in [5, 5.41) is 24.7. The fourth-order valence-electron chi connectivity index (χ4n) is 1.50. The molecule has 0 saturated carbocycles. The van der Waals surface area contributed by atoms with Crippen molar-refractivity contribution < 1.29 is 10.0 Å². The Labute approximate surface area is 90.5 Å². The van der Waals surface area contributed by atoms with Crippen LogP contribution in [0.3, 0.4) is 0 Å². The Balaban J connectivity index is 3.09. The third kappa shape index (κ3) is 2.87. The van der Waals surface area contributed by atoms with Gasteiger partial charge in [-0.15, -0.1) is 0 Å². The van der Waals surface area contributed by atoms with Gasteiger partial charge in [-0.2, -0.15) is 0 Å². The second-order valence-corrected chi connectivity index (χ2v) is 3.20. The molecule has 1 aromatic rings. The summed E-state index contributed by atoms with van der Waals surface area (Å²) < 4.78 is 0. The molecule has 4 nitrogen and oxygen atoms in total. The molecule has 0 aliphatic rings. The van der Waals surface area contributed by atoms with Crippen LogP contribution in [0.1, 0.15) is 13.8 Å². The number of rotatable bonds is 5. The molecule has 0 saturated heterocycles. The van der Waals surface area contributed by atoms with E-state index < -0.39 is 7.12 Å². The predicted octanol–water partition coefficient (Wildman–Crippen LogP) is 0.230. The summed E-state index contributed by atoms with van der Waals surface area (Å²) in [6.07, 6.45) is 0. The van der Waals surface area contributed by atoms with Gasteiger partial charge in [-0.05, 0) is 19.9 Å². The highest BCUT2D eigenvalue weighted by Gasteiger charge is 2.17. The zero-order valence-electron chi connectivity index (χ0n) is 9.12. The molecule has 0 aliphatic heterocycles. The van der Waals surface area contributed by atoms with Crippen LogP contribution in [-0.4, -0.2) is 30.3 Å². The van der Waals surface area contributed by atoms with E-state index in [1.807, 2.05) is 19.9 Å². The van der Waals surface area contributed by atoms with Crippen molar-refractivity contribution in [1.82, 2.24) is 0 Å². The molecule has 0 heterocycles. The van der Waals surface area contributed by atoms with Crippen LogP contribution in [0.2, 0.25) is 0 Å². The van der Waals surface area contributed by atoms with E-state index in [-0.39, 0.29) is 0 Å². The van der Waals surface area contributed by atoms with Gasteiger partial charge in [-0.3, -0.25) is 0 Å². The lowest BCUT2D eigenvalue weighted by Gasteiger charge is -2.16. The molecule has 0 aliphatic carbocycles. The Kier molecular flexibility index (Phi) is 4.46. The van der Waals surface area contributed by atoms with Crippen LogP contribution < -0.4 is 16.1 Å². The number of para-hydroxylation sites is 1. The molecular formula is C10H17BN2O2. The maximum Gasteiger partial charge on any atom is 0.490 e. The van der Waals surface area contributed by atoms with Crippen molar-refractivity contribution in [3.8, 4) is 0 Å². The Hall–Kier alpha value is -1.20. The molecule has 0 spiro atoms. The second kappa shape index (κ2) is 5.63. The highest BCUT2D eigenvalue weighted by Crippen LogP contribution is 2.18. The van der Waals surface area contributed by atoms with Crippen LogP contribution >= 0.6 is 0 Å². The SMILES string of the molecule is CCNc1cccc(B(O)O)c1NCC. The van der Waals surface area contributed by atoms with Crippen LogP contribution in [0.25, 0.3) is 0 Å². The minimum absolute atomic E-state index is 0.496. The molecule has 82 valence electrons. The third-order valence-electron chi connectivity index (χ3n) is 2.10. The van der Waals surface area contributed by atoms with Crippen molar-refractivity contribution in [3.05, 3.63) is 18.2 Å². The first kappa shape index (κ1) is 11.9. The van der Waals surface area contributed by atoms with Gasteiger partial charge in [0.1, 0.15) is 0 Å². The van der Waals surface area contributed by atoms with Crippen LogP contribution in [0.5, 0.6) is 0 Å². The molecule has 15 heavy (non-hydrogen) atoms. The lowest BCUT2D eigenvalue weighted by molar-refractivity contribution is 0.426. The summed E-state index contributed by atoms with van der Waals surface area (Å²) in [4.78, 5) is 0. The van der Waals surface area contributed by atoms with E-state index in [4.69, 9.17) is 0 Å². The summed E-state index contributed by atoms with van der Waals surface area (Å²) in [7, 11) is -1.45. The molecule has 0 aromatic heterocycles.